The molecule has 3 N–H and O–H groups in total. The summed E-state index contributed by atoms with van der Waals surface area (Å²) < 4.78 is 0. The zero-order chi connectivity index (χ0) is 17.5. The second kappa shape index (κ2) is 8.36. The highest BCUT2D eigenvalue weighted by atomic mass is 16.3. The molecule has 5 nitrogen and oxygen atoms in total. The van der Waals surface area contributed by atoms with Crippen LogP contribution in [-0.4, -0.2) is 37.9 Å². The van der Waals surface area contributed by atoms with Crippen LogP contribution in [0, 0.1) is 6.92 Å². The summed E-state index contributed by atoms with van der Waals surface area (Å²) >= 11 is 0. The SMILES string of the molecule is Cc1cc(N(C)C)ccc1NC(=O)NC(CO)Cc1ccccc1. The van der Waals surface area contributed by atoms with Crippen molar-refractivity contribution in [3.8, 4) is 0 Å². The molecule has 0 aromatic heterocycles. The molecule has 24 heavy (non-hydrogen) atoms. The molecule has 0 spiro atoms. The minimum absolute atomic E-state index is 0.110. The second-order valence-electron chi connectivity index (χ2n) is 6.06. The van der Waals surface area contributed by atoms with Crippen LogP contribution in [0.25, 0.3) is 0 Å². The molecule has 0 aliphatic carbocycles. The van der Waals surface area contributed by atoms with E-state index in [1.54, 1.807) is 0 Å². The third-order valence-corrected chi connectivity index (χ3v) is 3.86. The lowest BCUT2D eigenvalue weighted by Gasteiger charge is -2.19. The Morgan fingerprint density at radius 3 is 2.46 bits per heavy atom. The lowest BCUT2D eigenvalue weighted by Crippen LogP contribution is -2.41. The van der Waals surface area contributed by atoms with Crippen molar-refractivity contribution in [2.75, 3.05) is 30.9 Å². The van der Waals surface area contributed by atoms with Gasteiger partial charge >= 0.3 is 6.03 Å². The van der Waals surface area contributed by atoms with Gasteiger partial charge in [-0.15, -0.1) is 0 Å². The maximum Gasteiger partial charge on any atom is 0.319 e. The Labute approximate surface area is 143 Å². The Kier molecular flexibility index (Phi) is 6.21. The van der Waals surface area contributed by atoms with Gasteiger partial charge in [-0.3, -0.25) is 0 Å². The monoisotopic (exact) mass is 327 g/mol. The number of amides is 2. The molecular weight excluding hydrogens is 302 g/mol. The van der Waals surface area contributed by atoms with Gasteiger partial charge < -0.3 is 20.6 Å². The summed E-state index contributed by atoms with van der Waals surface area (Å²) in [7, 11) is 3.95. The van der Waals surface area contributed by atoms with E-state index in [4.69, 9.17) is 0 Å². The summed E-state index contributed by atoms with van der Waals surface area (Å²) in [4.78, 5) is 14.2. The quantitative estimate of drug-likeness (QED) is 0.764. The predicted octanol–water partition coefficient (Wildman–Crippen LogP) is 2.79. The van der Waals surface area contributed by atoms with Crippen LogP contribution >= 0.6 is 0 Å². The Hall–Kier alpha value is -2.53. The zero-order valence-corrected chi connectivity index (χ0v) is 14.4. The molecule has 1 unspecified atom stereocenters. The zero-order valence-electron chi connectivity index (χ0n) is 14.4. The van der Waals surface area contributed by atoms with Crippen LogP contribution in [-0.2, 0) is 6.42 Å². The average molecular weight is 327 g/mol. The van der Waals surface area contributed by atoms with Crippen molar-refractivity contribution >= 4 is 17.4 Å². The van der Waals surface area contributed by atoms with E-state index in [-0.39, 0.29) is 18.7 Å². The first-order chi connectivity index (χ1) is 11.5. The van der Waals surface area contributed by atoms with E-state index in [1.165, 1.54) is 0 Å². The summed E-state index contributed by atoms with van der Waals surface area (Å²) in [6.07, 6.45) is 0.587. The molecule has 0 aliphatic heterocycles. The molecule has 0 fully saturated rings. The molecule has 0 saturated heterocycles. The van der Waals surface area contributed by atoms with Gasteiger partial charge in [0.05, 0.1) is 12.6 Å². The number of nitrogens with zero attached hydrogens (tertiary/aromatic N) is 1. The summed E-state index contributed by atoms with van der Waals surface area (Å²) in [5.41, 5.74) is 3.90. The van der Waals surface area contributed by atoms with E-state index in [9.17, 15) is 9.90 Å². The van der Waals surface area contributed by atoms with Gasteiger partial charge in [-0.05, 0) is 42.7 Å². The van der Waals surface area contributed by atoms with Crippen molar-refractivity contribution in [1.29, 1.82) is 0 Å². The number of hydrogen-bond acceptors (Lipinski definition) is 3. The van der Waals surface area contributed by atoms with Gasteiger partial charge in [0.25, 0.3) is 0 Å². The Morgan fingerprint density at radius 2 is 1.88 bits per heavy atom. The molecule has 0 saturated carbocycles. The first kappa shape index (κ1) is 17.8. The van der Waals surface area contributed by atoms with Crippen LogP contribution in [0.2, 0.25) is 0 Å². The number of aryl methyl sites for hydroxylation is 1. The van der Waals surface area contributed by atoms with Crippen LogP contribution in [0.3, 0.4) is 0 Å². The van der Waals surface area contributed by atoms with Gasteiger partial charge in [-0.2, -0.15) is 0 Å². The molecule has 2 amide bonds. The highest BCUT2D eigenvalue weighted by Gasteiger charge is 2.13. The van der Waals surface area contributed by atoms with Crippen LogP contribution < -0.4 is 15.5 Å². The molecule has 0 radical (unpaired) electrons. The number of aliphatic hydroxyl groups excluding tert-OH is 1. The maximum absolute atomic E-state index is 12.2. The van der Waals surface area contributed by atoms with E-state index in [1.807, 2.05) is 74.4 Å². The van der Waals surface area contributed by atoms with E-state index in [0.717, 1.165) is 22.5 Å². The first-order valence-corrected chi connectivity index (χ1v) is 8.00. The highest BCUT2D eigenvalue weighted by molar-refractivity contribution is 5.90. The van der Waals surface area contributed by atoms with Gasteiger partial charge in [0.2, 0.25) is 0 Å². The molecule has 5 heteroatoms. The van der Waals surface area contributed by atoms with Crippen molar-refractivity contribution in [2.24, 2.45) is 0 Å². The standard InChI is InChI=1S/C19H25N3O2/c1-14-11-17(22(2)3)9-10-18(14)21-19(24)20-16(13-23)12-15-7-5-4-6-8-15/h4-11,16,23H,12-13H2,1-3H3,(H2,20,21,24). The van der Waals surface area contributed by atoms with Crippen molar-refractivity contribution < 1.29 is 9.90 Å². The van der Waals surface area contributed by atoms with Crippen LogP contribution in [0.4, 0.5) is 16.2 Å². The van der Waals surface area contributed by atoms with E-state index < -0.39 is 0 Å². The maximum atomic E-state index is 12.2. The smallest absolute Gasteiger partial charge is 0.319 e. The number of hydrogen-bond donors (Lipinski definition) is 3. The van der Waals surface area contributed by atoms with Crippen molar-refractivity contribution in [2.45, 2.75) is 19.4 Å². The largest absolute Gasteiger partial charge is 0.394 e. The van der Waals surface area contributed by atoms with Crippen LogP contribution in [0.1, 0.15) is 11.1 Å². The lowest BCUT2D eigenvalue weighted by molar-refractivity contribution is 0.224. The fourth-order valence-corrected chi connectivity index (χ4v) is 2.47. The molecule has 0 heterocycles. The Bertz CT molecular complexity index is 672. The summed E-state index contributed by atoms with van der Waals surface area (Å²) in [6.45, 7) is 1.84. The fraction of sp³-hybridized carbons (Fsp3) is 0.316. The van der Waals surface area contributed by atoms with Gasteiger partial charge in [-0.25, -0.2) is 4.79 Å². The molecule has 0 aliphatic rings. The number of urea groups is 1. The summed E-state index contributed by atoms with van der Waals surface area (Å²) in [6, 6.07) is 15.0. The predicted molar refractivity (Wildman–Crippen MR) is 98.7 cm³/mol. The van der Waals surface area contributed by atoms with E-state index >= 15 is 0 Å². The van der Waals surface area contributed by atoms with Gasteiger partial charge in [0.15, 0.2) is 0 Å². The normalized spacial score (nSPS) is 11.7. The van der Waals surface area contributed by atoms with Gasteiger partial charge in [0, 0.05) is 25.5 Å². The van der Waals surface area contributed by atoms with E-state index in [0.29, 0.717) is 6.42 Å². The average Bonchev–Trinajstić information content (AvgIpc) is 2.56. The third kappa shape index (κ3) is 4.99. The Morgan fingerprint density at radius 1 is 1.17 bits per heavy atom. The molecule has 2 aromatic carbocycles. The van der Waals surface area contributed by atoms with Gasteiger partial charge in [0.1, 0.15) is 0 Å². The fourth-order valence-electron chi connectivity index (χ4n) is 2.47. The number of rotatable bonds is 6. The number of nitrogens with one attached hydrogen (secondary N) is 2. The van der Waals surface area contributed by atoms with Crippen molar-refractivity contribution in [3.05, 3.63) is 59.7 Å². The minimum atomic E-state index is -0.325. The summed E-state index contributed by atoms with van der Waals surface area (Å²) in [5, 5.41) is 15.2. The van der Waals surface area contributed by atoms with Gasteiger partial charge in [-0.1, -0.05) is 30.3 Å². The molecule has 1 atom stereocenters. The molecule has 128 valence electrons. The van der Waals surface area contributed by atoms with E-state index in [2.05, 4.69) is 10.6 Å². The van der Waals surface area contributed by atoms with Crippen molar-refractivity contribution in [3.63, 3.8) is 0 Å². The molecule has 2 aromatic rings. The van der Waals surface area contributed by atoms with Crippen molar-refractivity contribution in [1.82, 2.24) is 5.32 Å². The molecular formula is C19H25N3O2. The van der Waals surface area contributed by atoms with Crippen LogP contribution in [0.5, 0.6) is 0 Å². The second-order valence-corrected chi connectivity index (χ2v) is 6.06. The number of carbonyl (C=O) groups excluding carboxylic acids is 1. The third-order valence-electron chi connectivity index (χ3n) is 3.86. The molecule has 2 rings (SSSR count). The number of aliphatic hydroxyl groups is 1. The lowest BCUT2D eigenvalue weighted by atomic mass is 10.1. The van der Waals surface area contributed by atoms with Crippen LogP contribution in [0.15, 0.2) is 48.5 Å². The summed E-state index contributed by atoms with van der Waals surface area (Å²) in [5.74, 6) is 0. The Balaban J connectivity index is 1.96. The topological polar surface area (TPSA) is 64.6 Å². The number of anilines is 2. The molecule has 0 bridgehead atoms. The number of carbonyl (C=O) groups is 1. The number of benzene rings is 2. The highest BCUT2D eigenvalue weighted by Crippen LogP contribution is 2.21. The minimum Gasteiger partial charge on any atom is -0.394 e. The first-order valence-electron chi connectivity index (χ1n) is 8.00.